The number of hydrogen-bond donors (Lipinski definition) is 1. The number of ether oxygens (including phenoxy) is 1. The molecule has 0 aliphatic heterocycles. The molecule has 0 fully saturated rings. The highest BCUT2D eigenvalue weighted by atomic mass is 16.5. The summed E-state index contributed by atoms with van der Waals surface area (Å²) in [4.78, 5) is 4.12. The Labute approximate surface area is 85.5 Å². The minimum atomic E-state index is 0.663. The van der Waals surface area contributed by atoms with Crippen molar-refractivity contribution in [3.05, 3.63) is 18.3 Å². The number of aromatic nitrogens is 1. The molecule has 0 aromatic carbocycles. The zero-order chi connectivity index (χ0) is 10.4. The van der Waals surface area contributed by atoms with Gasteiger partial charge in [0.25, 0.3) is 0 Å². The maximum Gasteiger partial charge on any atom is 0.237 e. The van der Waals surface area contributed by atoms with Gasteiger partial charge >= 0.3 is 0 Å². The number of pyridine rings is 1. The summed E-state index contributed by atoms with van der Waals surface area (Å²) in [6.07, 6.45) is 2.91. The molecule has 0 saturated heterocycles. The molecule has 0 aliphatic carbocycles. The average molecular weight is 194 g/mol. The van der Waals surface area contributed by atoms with Crippen LogP contribution in [0.25, 0.3) is 0 Å². The molecular weight excluding hydrogens is 176 g/mol. The second kappa shape index (κ2) is 5.47. The summed E-state index contributed by atoms with van der Waals surface area (Å²) in [5, 5.41) is 3.33. The van der Waals surface area contributed by atoms with Gasteiger partial charge in [0.15, 0.2) is 0 Å². The molecule has 0 amide bonds. The SMILES string of the molecule is CC[C@H](C)CNc1cccnc1OC. The van der Waals surface area contributed by atoms with E-state index in [1.807, 2.05) is 12.1 Å². The fourth-order valence-electron chi connectivity index (χ4n) is 1.12. The lowest BCUT2D eigenvalue weighted by atomic mass is 10.1. The fourth-order valence-corrected chi connectivity index (χ4v) is 1.12. The summed E-state index contributed by atoms with van der Waals surface area (Å²) in [6, 6.07) is 3.88. The van der Waals surface area contributed by atoms with E-state index in [-0.39, 0.29) is 0 Å². The topological polar surface area (TPSA) is 34.2 Å². The van der Waals surface area contributed by atoms with Gasteiger partial charge in [0.1, 0.15) is 0 Å². The zero-order valence-electron chi connectivity index (χ0n) is 9.08. The summed E-state index contributed by atoms with van der Waals surface area (Å²) in [7, 11) is 1.64. The Kier molecular flexibility index (Phi) is 4.23. The van der Waals surface area contributed by atoms with Crippen molar-refractivity contribution in [2.45, 2.75) is 20.3 Å². The third-order valence-corrected chi connectivity index (χ3v) is 2.30. The molecular formula is C11H18N2O. The minimum Gasteiger partial charge on any atom is -0.480 e. The first-order valence-electron chi connectivity index (χ1n) is 5.00. The van der Waals surface area contributed by atoms with Crippen molar-refractivity contribution in [2.24, 2.45) is 5.92 Å². The van der Waals surface area contributed by atoms with Crippen LogP contribution in [-0.2, 0) is 0 Å². The van der Waals surface area contributed by atoms with Gasteiger partial charge in [-0.25, -0.2) is 4.98 Å². The second-order valence-electron chi connectivity index (χ2n) is 3.45. The molecule has 0 spiro atoms. The first-order chi connectivity index (χ1) is 6.77. The van der Waals surface area contributed by atoms with Gasteiger partial charge in [-0.3, -0.25) is 0 Å². The summed E-state index contributed by atoms with van der Waals surface area (Å²) in [5.74, 6) is 1.33. The van der Waals surface area contributed by atoms with Crippen molar-refractivity contribution in [3.8, 4) is 5.88 Å². The van der Waals surface area contributed by atoms with Crippen LogP contribution in [0.1, 0.15) is 20.3 Å². The van der Waals surface area contributed by atoms with Crippen LogP contribution >= 0.6 is 0 Å². The molecule has 1 rings (SSSR count). The van der Waals surface area contributed by atoms with E-state index in [0.717, 1.165) is 12.2 Å². The van der Waals surface area contributed by atoms with E-state index in [0.29, 0.717) is 11.8 Å². The van der Waals surface area contributed by atoms with Crippen LogP contribution in [0.15, 0.2) is 18.3 Å². The average Bonchev–Trinajstić information content (AvgIpc) is 2.26. The predicted octanol–water partition coefficient (Wildman–Crippen LogP) is 2.55. The lowest BCUT2D eigenvalue weighted by Gasteiger charge is -2.12. The maximum atomic E-state index is 5.14. The summed E-state index contributed by atoms with van der Waals surface area (Å²) in [5.41, 5.74) is 0.968. The number of hydrogen-bond acceptors (Lipinski definition) is 3. The van der Waals surface area contributed by atoms with Gasteiger partial charge in [0, 0.05) is 12.7 Å². The molecule has 1 N–H and O–H groups in total. The first kappa shape index (κ1) is 10.8. The standard InChI is InChI=1S/C11H18N2O/c1-4-9(2)8-13-10-6-5-7-12-11(10)14-3/h5-7,9,13H,4,8H2,1-3H3/t9-/m0/s1. The Bertz CT molecular complexity index is 276. The molecule has 0 unspecified atom stereocenters. The lowest BCUT2D eigenvalue weighted by Crippen LogP contribution is -2.11. The molecule has 1 aromatic heterocycles. The van der Waals surface area contributed by atoms with Crippen LogP contribution in [0.3, 0.4) is 0 Å². The summed E-state index contributed by atoms with van der Waals surface area (Å²) in [6.45, 7) is 5.36. The van der Waals surface area contributed by atoms with Crippen molar-refractivity contribution in [3.63, 3.8) is 0 Å². The Morgan fingerprint density at radius 1 is 1.57 bits per heavy atom. The quantitative estimate of drug-likeness (QED) is 0.782. The van der Waals surface area contributed by atoms with Crippen molar-refractivity contribution < 1.29 is 4.74 Å². The monoisotopic (exact) mass is 194 g/mol. The molecule has 1 atom stereocenters. The Morgan fingerprint density at radius 2 is 2.36 bits per heavy atom. The number of methoxy groups -OCH3 is 1. The second-order valence-corrected chi connectivity index (χ2v) is 3.45. The van der Waals surface area contributed by atoms with E-state index in [1.54, 1.807) is 13.3 Å². The molecule has 3 nitrogen and oxygen atoms in total. The number of nitrogens with one attached hydrogen (secondary N) is 1. The summed E-state index contributed by atoms with van der Waals surface area (Å²) >= 11 is 0. The molecule has 0 bridgehead atoms. The minimum absolute atomic E-state index is 0.663. The normalized spacial score (nSPS) is 12.2. The maximum absolute atomic E-state index is 5.14. The van der Waals surface area contributed by atoms with Crippen LogP contribution in [0.4, 0.5) is 5.69 Å². The van der Waals surface area contributed by atoms with Crippen LogP contribution in [-0.4, -0.2) is 18.6 Å². The highest BCUT2D eigenvalue weighted by Gasteiger charge is 2.03. The van der Waals surface area contributed by atoms with Crippen LogP contribution in [0.2, 0.25) is 0 Å². The van der Waals surface area contributed by atoms with Crippen molar-refractivity contribution in [1.29, 1.82) is 0 Å². The van der Waals surface area contributed by atoms with E-state index in [1.165, 1.54) is 6.42 Å². The Balaban J connectivity index is 2.57. The van der Waals surface area contributed by atoms with E-state index in [2.05, 4.69) is 24.1 Å². The molecule has 1 heterocycles. The van der Waals surface area contributed by atoms with E-state index in [9.17, 15) is 0 Å². The van der Waals surface area contributed by atoms with Gasteiger partial charge < -0.3 is 10.1 Å². The van der Waals surface area contributed by atoms with Gasteiger partial charge in [0.05, 0.1) is 12.8 Å². The molecule has 14 heavy (non-hydrogen) atoms. The molecule has 1 aromatic rings. The highest BCUT2D eigenvalue weighted by Crippen LogP contribution is 2.20. The largest absolute Gasteiger partial charge is 0.480 e. The third kappa shape index (κ3) is 2.91. The number of anilines is 1. The molecule has 0 saturated carbocycles. The van der Waals surface area contributed by atoms with Gasteiger partial charge in [-0.1, -0.05) is 20.3 Å². The van der Waals surface area contributed by atoms with Gasteiger partial charge in [-0.2, -0.15) is 0 Å². The van der Waals surface area contributed by atoms with Gasteiger partial charge in [0.2, 0.25) is 5.88 Å². The third-order valence-electron chi connectivity index (χ3n) is 2.30. The van der Waals surface area contributed by atoms with E-state index in [4.69, 9.17) is 4.74 Å². The van der Waals surface area contributed by atoms with Crippen molar-refractivity contribution in [2.75, 3.05) is 19.0 Å². The fraction of sp³-hybridized carbons (Fsp3) is 0.545. The highest BCUT2D eigenvalue weighted by molar-refractivity contribution is 5.51. The van der Waals surface area contributed by atoms with Crippen molar-refractivity contribution in [1.82, 2.24) is 4.98 Å². The van der Waals surface area contributed by atoms with Gasteiger partial charge in [-0.15, -0.1) is 0 Å². The molecule has 0 radical (unpaired) electrons. The van der Waals surface area contributed by atoms with Crippen LogP contribution in [0.5, 0.6) is 5.88 Å². The lowest BCUT2D eigenvalue weighted by molar-refractivity contribution is 0.399. The van der Waals surface area contributed by atoms with Gasteiger partial charge in [-0.05, 0) is 18.1 Å². The Morgan fingerprint density at radius 3 is 3.00 bits per heavy atom. The van der Waals surface area contributed by atoms with E-state index >= 15 is 0 Å². The first-order valence-corrected chi connectivity index (χ1v) is 5.00. The zero-order valence-corrected chi connectivity index (χ0v) is 9.08. The van der Waals surface area contributed by atoms with Crippen LogP contribution in [0, 0.1) is 5.92 Å². The number of nitrogens with zero attached hydrogens (tertiary/aromatic N) is 1. The molecule has 0 aliphatic rings. The predicted molar refractivity (Wildman–Crippen MR) is 58.7 cm³/mol. The number of rotatable bonds is 5. The smallest absolute Gasteiger partial charge is 0.237 e. The Hall–Kier alpha value is -1.25. The van der Waals surface area contributed by atoms with E-state index < -0.39 is 0 Å². The van der Waals surface area contributed by atoms with Crippen LogP contribution < -0.4 is 10.1 Å². The summed E-state index contributed by atoms with van der Waals surface area (Å²) < 4.78 is 5.14. The van der Waals surface area contributed by atoms with Crippen molar-refractivity contribution >= 4 is 5.69 Å². The molecule has 78 valence electrons. The molecule has 3 heteroatoms.